The average Bonchev–Trinajstić information content (AvgIpc) is 3.14. The summed E-state index contributed by atoms with van der Waals surface area (Å²) < 4.78 is 0. The zero-order valence-electron chi connectivity index (χ0n) is 27.4. The quantitative estimate of drug-likeness (QED) is 0.161. The van der Waals surface area contributed by atoms with Crippen molar-refractivity contribution in [2.45, 2.75) is 20.8 Å². The number of ketones is 4. The summed E-state index contributed by atoms with van der Waals surface area (Å²) in [5.41, 5.74) is 4.69. The van der Waals surface area contributed by atoms with Gasteiger partial charge in [0.05, 0.1) is 22.5 Å². The number of anilines is 6. The van der Waals surface area contributed by atoms with E-state index < -0.39 is 0 Å². The number of para-hydroxylation sites is 1. The normalized spacial score (nSPS) is 12.5. The summed E-state index contributed by atoms with van der Waals surface area (Å²) in [6.45, 7) is 5.94. The highest BCUT2D eigenvalue weighted by molar-refractivity contribution is 6.31. The van der Waals surface area contributed by atoms with Crippen LogP contribution < -0.4 is 16.0 Å². The van der Waals surface area contributed by atoms with Crippen molar-refractivity contribution in [2.24, 2.45) is 0 Å². The number of hydrogen-bond donors (Lipinski definition) is 3. The second kappa shape index (κ2) is 13.0. The highest BCUT2D eigenvalue weighted by Gasteiger charge is 2.33. The van der Waals surface area contributed by atoms with Crippen molar-refractivity contribution >= 4 is 58.0 Å². The standard InChI is InChI=1S/C38H24N6O4.C2H6/c1-20-10-2-7-17-27(20)39-36-42-37(40-28-18-8-15-25-30(28)34(47)23-13-5-3-11-21(23)32(25)45)44-38(43-36)41-29-19-9-16-26-31(29)35(48)24-14-6-4-12-22(24)33(26)46;1-2/h2-19H,1H3,(H3,39,40,41,42,43,44);1-2H3. The van der Waals surface area contributed by atoms with Gasteiger partial charge in [0.1, 0.15) is 0 Å². The van der Waals surface area contributed by atoms with Gasteiger partial charge in [0.2, 0.25) is 17.8 Å². The number of hydrogen-bond acceptors (Lipinski definition) is 10. The Balaban J connectivity index is 0.00000193. The van der Waals surface area contributed by atoms with E-state index in [1.54, 1.807) is 84.9 Å². The van der Waals surface area contributed by atoms with E-state index in [1.165, 1.54) is 0 Å². The van der Waals surface area contributed by atoms with Crippen LogP contribution in [0.3, 0.4) is 0 Å². The predicted octanol–water partition coefficient (Wildman–Crippen LogP) is 7.99. The lowest BCUT2D eigenvalue weighted by atomic mass is 9.83. The third-order valence-corrected chi connectivity index (χ3v) is 8.42. The lowest BCUT2D eigenvalue weighted by molar-refractivity contribution is 0.0979. The van der Waals surface area contributed by atoms with Crippen molar-refractivity contribution < 1.29 is 19.2 Å². The predicted molar refractivity (Wildman–Crippen MR) is 192 cm³/mol. The largest absolute Gasteiger partial charge is 0.324 e. The van der Waals surface area contributed by atoms with Crippen molar-refractivity contribution in [3.63, 3.8) is 0 Å². The Morgan fingerprint density at radius 1 is 0.380 bits per heavy atom. The molecule has 0 amide bonds. The fourth-order valence-corrected chi connectivity index (χ4v) is 6.12. The van der Waals surface area contributed by atoms with Gasteiger partial charge in [-0.2, -0.15) is 15.0 Å². The van der Waals surface area contributed by atoms with Gasteiger partial charge in [-0.25, -0.2) is 0 Å². The first kappa shape index (κ1) is 31.8. The number of rotatable bonds is 6. The van der Waals surface area contributed by atoms with E-state index in [2.05, 4.69) is 30.9 Å². The second-order valence-electron chi connectivity index (χ2n) is 11.4. The SMILES string of the molecule is CC.Cc1ccccc1Nc1nc(Nc2cccc3c2C(=O)c2ccccc2C3=O)nc(Nc2cccc3c2C(=O)c2ccccc2C3=O)n1. The van der Waals surface area contributed by atoms with Crippen molar-refractivity contribution in [1.29, 1.82) is 0 Å². The van der Waals surface area contributed by atoms with E-state index in [0.29, 0.717) is 33.6 Å². The molecule has 0 bridgehead atoms. The van der Waals surface area contributed by atoms with Crippen molar-refractivity contribution in [3.8, 4) is 0 Å². The monoisotopic (exact) mass is 658 g/mol. The Labute approximate surface area is 287 Å². The van der Waals surface area contributed by atoms with Crippen LogP contribution in [0.15, 0.2) is 109 Å². The van der Waals surface area contributed by atoms with Gasteiger partial charge in [-0.3, -0.25) is 19.2 Å². The van der Waals surface area contributed by atoms with Gasteiger partial charge >= 0.3 is 0 Å². The first-order valence-electron chi connectivity index (χ1n) is 16.1. The lowest BCUT2D eigenvalue weighted by Gasteiger charge is -2.21. The molecule has 0 fully saturated rings. The maximum Gasteiger partial charge on any atom is 0.233 e. The van der Waals surface area contributed by atoms with Crippen LogP contribution in [0, 0.1) is 6.92 Å². The minimum Gasteiger partial charge on any atom is -0.324 e. The molecule has 0 atom stereocenters. The zero-order valence-corrected chi connectivity index (χ0v) is 27.4. The third kappa shape index (κ3) is 5.48. The minimum absolute atomic E-state index is 0.0636. The molecule has 10 heteroatoms. The lowest BCUT2D eigenvalue weighted by Crippen LogP contribution is -2.22. The molecule has 5 aromatic carbocycles. The molecule has 2 aliphatic rings. The molecule has 2 aliphatic carbocycles. The van der Waals surface area contributed by atoms with Crippen LogP contribution in [0.1, 0.15) is 83.1 Å². The van der Waals surface area contributed by atoms with E-state index in [9.17, 15) is 19.2 Å². The smallest absolute Gasteiger partial charge is 0.233 e. The molecule has 0 saturated carbocycles. The van der Waals surface area contributed by atoms with Crippen molar-refractivity contribution in [1.82, 2.24) is 15.0 Å². The maximum absolute atomic E-state index is 13.7. The molecule has 1 heterocycles. The number of aromatic nitrogens is 3. The number of benzene rings is 5. The second-order valence-corrected chi connectivity index (χ2v) is 11.4. The summed E-state index contributed by atoms with van der Waals surface area (Å²) >= 11 is 0. The van der Waals surface area contributed by atoms with Gasteiger partial charge in [0, 0.05) is 39.1 Å². The Morgan fingerprint density at radius 3 is 1.12 bits per heavy atom. The van der Waals surface area contributed by atoms with Gasteiger partial charge in [-0.15, -0.1) is 0 Å². The molecular formula is C40H30N6O4. The fraction of sp³-hybridized carbons (Fsp3) is 0.0750. The summed E-state index contributed by atoms with van der Waals surface area (Å²) in [6.07, 6.45) is 0. The highest BCUT2D eigenvalue weighted by Crippen LogP contribution is 2.35. The van der Waals surface area contributed by atoms with Gasteiger partial charge in [0.15, 0.2) is 23.1 Å². The Bertz CT molecular complexity index is 2250. The van der Waals surface area contributed by atoms with Crippen LogP contribution in [-0.2, 0) is 0 Å². The number of aryl methyl sites for hydroxylation is 1. The highest BCUT2D eigenvalue weighted by atomic mass is 16.1. The van der Waals surface area contributed by atoms with Gasteiger partial charge in [0.25, 0.3) is 0 Å². The molecule has 3 N–H and O–H groups in total. The first-order valence-corrected chi connectivity index (χ1v) is 16.1. The van der Waals surface area contributed by atoms with Crippen LogP contribution in [0.4, 0.5) is 34.9 Å². The maximum atomic E-state index is 13.7. The summed E-state index contributed by atoms with van der Waals surface area (Å²) in [6, 6.07) is 31.0. The Morgan fingerprint density at radius 2 is 0.700 bits per heavy atom. The Kier molecular flexibility index (Phi) is 8.26. The molecule has 0 aliphatic heterocycles. The first-order chi connectivity index (χ1) is 24.4. The third-order valence-electron chi connectivity index (χ3n) is 8.42. The van der Waals surface area contributed by atoms with Gasteiger partial charge in [-0.1, -0.05) is 105 Å². The van der Waals surface area contributed by atoms with E-state index in [-0.39, 0.29) is 63.2 Å². The Hall–Kier alpha value is -6.81. The van der Waals surface area contributed by atoms with E-state index in [1.807, 2.05) is 45.0 Å². The molecular weight excluding hydrogens is 628 g/mol. The van der Waals surface area contributed by atoms with Crippen LogP contribution in [-0.4, -0.2) is 38.1 Å². The topological polar surface area (TPSA) is 143 Å². The van der Waals surface area contributed by atoms with E-state index >= 15 is 0 Å². The van der Waals surface area contributed by atoms with Crippen LogP contribution in [0.2, 0.25) is 0 Å². The molecule has 8 rings (SSSR count). The summed E-state index contributed by atoms with van der Waals surface area (Å²) in [5.74, 6) is -0.805. The van der Waals surface area contributed by atoms with Crippen LogP contribution in [0.25, 0.3) is 0 Å². The molecule has 0 spiro atoms. The fourth-order valence-electron chi connectivity index (χ4n) is 6.12. The molecule has 0 radical (unpaired) electrons. The number of nitrogens with zero attached hydrogens (tertiary/aromatic N) is 3. The number of fused-ring (bicyclic) bond motifs is 4. The van der Waals surface area contributed by atoms with E-state index in [4.69, 9.17) is 0 Å². The van der Waals surface area contributed by atoms with Crippen molar-refractivity contribution in [2.75, 3.05) is 16.0 Å². The summed E-state index contributed by atoms with van der Waals surface area (Å²) in [5, 5.41) is 9.49. The molecule has 1 aromatic heterocycles. The van der Waals surface area contributed by atoms with Gasteiger partial charge < -0.3 is 16.0 Å². The van der Waals surface area contributed by atoms with E-state index in [0.717, 1.165) is 11.3 Å². The molecule has 10 nitrogen and oxygen atoms in total. The molecule has 6 aromatic rings. The average molecular weight is 659 g/mol. The minimum atomic E-state index is -0.298. The van der Waals surface area contributed by atoms with Crippen LogP contribution in [0.5, 0.6) is 0 Å². The van der Waals surface area contributed by atoms with Gasteiger partial charge in [-0.05, 0) is 30.7 Å². The summed E-state index contributed by atoms with van der Waals surface area (Å²) in [7, 11) is 0. The zero-order chi connectivity index (χ0) is 34.9. The molecule has 0 saturated heterocycles. The summed E-state index contributed by atoms with van der Waals surface area (Å²) in [4.78, 5) is 67.8. The van der Waals surface area contributed by atoms with Crippen LogP contribution >= 0.6 is 0 Å². The number of carbonyl (C=O) groups excluding carboxylic acids is 4. The molecule has 244 valence electrons. The molecule has 0 unspecified atom stereocenters. The van der Waals surface area contributed by atoms with Crippen molar-refractivity contribution in [3.05, 3.63) is 159 Å². The number of nitrogens with one attached hydrogen (secondary N) is 3. The number of carbonyl (C=O) groups is 4. The molecule has 50 heavy (non-hydrogen) atoms.